The number of carbonyl (C=O) groups is 1. The Balaban J connectivity index is 3.34. The van der Waals surface area contributed by atoms with E-state index in [0.29, 0.717) is 0 Å². The average Bonchev–Trinajstić information content (AvgIpc) is 2.28. The van der Waals surface area contributed by atoms with Gasteiger partial charge < -0.3 is 4.74 Å². The van der Waals surface area contributed by atoms with Crippen LogP contribution in [0.3, 0.4) is 0 Å². The Hall–Kier alpha value is -1.35. The van der Waals surface area contributed by atoms with E-state index in [0.717, 1.165) is 22.9 Å². The number of hydrogen-bond donors (Lipinski definition) is 0. The second-order valence-electron chi connectivity index (χ2n) is 5.37. The average molecular weight is 262 g/mol. The number of carbonyl (C=O) groups excluding carboxylic acids is 1. The van der Waals surface area contributed by atoms with Crippen LogP contribution in [0.25, 0.3) is 5.57 Å². The van der Waals surface area contributed by atoms with Crippen LogP contribution in [0.2, 0.25) is 19.6 Å². The lowest BCUT2D eigenvalue weighted by Crippen LogP contribution is -2.28. The summed E-state index contributed by atoms with van der Waals surface area (Å²) in [6.07, 6.45) is 0.872. The second kappa shape index (κ2) is 6.00. The summed E-state index contributed by atoms with van der Waals surface area (Å²) in [5.74, 6) is -0.227. The second-order valence-corrected chi connectivity index (χ2v) is 10.3. The molecule has 0 atom stereocenters. The standard InChI is InChI=1S/C15H22O2Si/c1-6-14(13-10-8-7-9-11-13)15(17-12(2)16)18(3,4)5/h7-11H,6H2,1-5H3/b15-14+. The lowest BCUT2D eigenvalue weighted by Gasteiger charge is -2.24. The van der Waals surface area contributed by atoms with Crippen LogP contribution in [-0.4, -0.2) is 14.0 Å². The minimum Gasteiger partial charge on any atom is -0.436 e. The first-order valence-electron chi connectivity index (χ1n) is 6.33. The van der Waals surface area contributed by atoms with E-state index in [1.807, 2.05) is 18.2 Å². The highest BCUT2D eigenvalue weighted by Crippen LogP contribution is 2.29. The number of rotatable bonds is 4. The normalized spacial score (nSPS) is 12.9. The van der Waals surface area contributed by atoms with Crippen molar-refractivity contribution >= 4 is 19.6 Å². The third-order valence-corrected chi connectivity index (χ3v) is 4.44. The lowest BCUT2D eigenvalue weighted by atomic mass is 10.1. The number of allylic oxidation sites excluding steroid dienone is 1. The van der Waals surface area contributed by atoms with Gasteiger partial charge >= 0.3 is 5.97 Å². The monoisotopic (exact) mass is 262 g/mol. The smallest absolute Gasteiger partial charge is 0.307 e. The first-order chi connectivity index (χ1) is 8.36. The molecule has 0 unspecified atom stereocenters. The van der Waals surface area contributed by atoms with E-state index in [1.165, 1.54) is 6.92 Å². The van der Waals surface area contributed by atoms with Crippen molar-refractivity contribution in [3.05, 3.63) is 41.3 Å². The molecule has 2 nitrogen and oxygen atoms in total. The Morgan fingerprint density at radius 3 is 2.11 bits per heavy atom. The van der Waals surface area contributed by atoms with Gasteiger partial charge in [-0.25, -0.2) is 0 Å². The fraction of sp³-hybridized carbons (Fsp3) is 0.400. The van der Waals surface area contributed by atoms with E-state index in [2.05, 4.69) is 38.7 Å². The molecule has 0 spiro atoms. The molecule has 0 aliphatic carbocycles. The van der Waals surface area contributed by atoms with E-state index in [-0.39, 0.29) is 5.97 Å². The van der Waals surface area contributed by atoms with Crippen molar-refractivity contribution in [1.29, 1.82) is 0 Å². The summed E-state index contributed by atoms with van der Waals surface area (Å²) < 4.78 is 5.52. The molecule has 0 aromatic heterocycles. The summed E-state index contributed by atoms with van der Waals surface area (Å²) in [5, 5.41) is 0.906. The first kappa shape index (κ1) is 14.7. The first-order valence-corrected chi connectivity index (χ1v) is 9.83. The van der Waals surface area contributed by atoms with Gasteiger partial charge in [0.15, 0.2) is 0 Å². The predicted octanol–water partition coefficient (Wildman–Crippen LogP) is 4.25. The van der Waals surface area contributed by atoms with Gasteiger partial charge in [-0.1, -0.05) is 56.9 Å². The third kappa shape index (κ3) is 3.84. The van der Waals surface area contributed by atoms with Crippen molar-refractivity contribution in [2.75, 3.05) is 0 Å². The molecule has 0 fully saturated rings. The number of ether oxygens (including phenoxy) is 1. The summed E-state index contributed by atoms with van der Waals surface area (Å²) in [4.78, 5) is 11.3. The van der Waals surface area contributed by atoms with Crippen LogP contribution in [0, 0.1) is 0 Å². The minimum atomic E-state index is -1.68. The van der Waals surface area contributed by atoms with Gasteiger partial charge in [0.1, 0.15) is 8.07 Å². The molecule has 3 heteroatoms. The fourth-order valence-corrected chi connectivity index (χ4v) is 3.62. The zero-order chi connectivity index (χ0) is 13.8. The van der Waals surface area contributed by atoms with Crippen LogP contribution < -0.4 is 0 Å². The van der Waals surface area contributed by atoms with Crippen molar-refractivity contribution in [3.63, 3.8) is 0 Å². The van der Waals surface area contributed by atoms with E-state index < -0.39 is 8.07 Å². The fourth-order valence-electron chi connectivity index (χ4n) is 1.95. The van der Waals surface area contributed by atoms with Crippen LogP contribution in [0.1, 0.15) is 25.8 Å². The van der Waals surface area contributed by atoms with Crippen molar-refractivity contribution in [3.8, 4) is 0 Å². The van der Waals surface area contributed by atoms with Crippen LogP contribution in [0.5, 0.6) is 0 Å². The van der Waals surface area contributed by atoms with Gasteiger partial charge in [-0.15, -0.1) is 0 Å². The summed E-state index contributed by atoms with van der Waals surface area (Å²) in [6, 6.07) is 10.2. The van der Waals surface area contributed by atoms with Crippen LogP contribution in [0.15, 0.2) is 35.7 Å². The highest BCUT2D eigenvalue weighted by atomic mass is 28.3. The maximum atomic E-state index is 11.3. The summed E-state index contributed by atoms with van der Waals surface area (Å²) in [6.45, 7) is 10.2. The predicted molar refractivity (Wildman–Crippen MR) is 78.8 cm³/mol. The molecular formula is C15H22O2Si. The summed E-state index contributed by atoms with van der Waals surface area (Å²) in [5.41, 5.74) is 2.31. The van der Waals surface area contributed by atoms with Gasteiger partial charge in [0.05, 0.1) is 5.38 Å². The van der Waals surface area contributed by atoms with Gasteiger partial charge in [0.2, 0.25) is 0 Å². The number of benzene rings is 1. The molecule has 1 aromatic carbocycles. The van der Waals surface area contributed by atoms with Crippen molar-refractivity contribution in [2.45, 2.75) is 39.9 Å². The van der Waals surface area contributed by atoms with Gasteiger partial charge in [-0.05, 0) is 17.6 Å². The van der Waals surface area contributed by atoms with Gasteiger partial charge in [0, 0.05) is 6.92 Å². The molecule has 0 saturated heterocycles. The van der Waals surface area contributed by atoms with Crippen molar-refractivity contribution < 1.29 is 9.53 Å². The minimum absolute atomic E-state index is 0.227. The Labute approximate surface area is 111 Å². The van der Waals surface area contributed by atoms with Crippen LogP contribution >= 0.6 is 0 Å². The molecule has 0 aliphatic heterocycles. The molecule has 0 N–H and O–H groups in total. The molecule has 1 rings (SSSR count). The third-order valence-electron chi connectivity index (χ3n) is 2.68. The number of hydrogen-bond acceptors (Lipinski definition) is 2. The topological polar surface area (TPSA) is 26.3 Å². The number of esters is 1. The van der Waals surface area contributed by atoms with Gasteiger partial charge in [0.25, 0.3) is 0 Å². The van der Waals surface area contributed by atoms with Crippen molar-refractivity contribution in [2.24, 2.45) is 0 Å². The maximum absolute atomic E-state index is 11.3. The highest BCUT2D eigenvalue weighted by molar-refractivity contribution is 6.83. The van der Waals surface area contributed by atoms with Gasteiger partial charge in [-0.3, -0.25) is 4.79 Å². The van der Waals surface area contributed by atoms with Gasteiger partial charge in [-0.2, -0.15) is 0 Å². The highest BCUT2D eigenvalue weighted by Gasteiger charge is 2.26. The molecule has 0 bridgehead atoms. The molecule has 18 heavy (non-hydrogen) atoms. The van der Waals surface area contributed by atoms with E-state index in [1.54, 1.807) is 0 Å². The van der Waals surface area contributed by atoms with Crippen molar-refractivity contribution in [1.82, 2.24) is 0 Å². The van der Waals surface area contributed by atoms with E-state index >= 15 is 0 Å². The summed E-state index contributed by atoms with van der Waals surface area (Å²) >= 11 is 0. The largest absolute Gasteiger partial charge is 0.436 e. The maximum Gasteiger partial charge on any atom is 0.307 e. The Kier molecular flexibility index (Phi) is 4.90. The van der Waals surface area contributed by atoms with E-state index in [4.69, 9.17) is 4.74 Å². The molecule has 0 aliphatic rings. The lowest BCUT2D eigenvalue weighted by molar-refractivity contribution is -0.136. The van der Waals surface area contributed by atoms with Crippen LogP contribution in [-0.2, 0) is 9.53 Å². The van der Waals surface area contributed by atoms with Crippen LogP contribution in [0.4, 0.5) is 0 Å². The molecule has 0 radical (unpaired) electrons. The van der Waals surface area contributed by atoms with E-state index in [9.17, 15) is 4.79 Å². The molecular weight excluding hydrogens is 240 g/mol. The molecule has 0 heterocycles. The Morgan fingerprint density at radius 2 is 1.72 bits per heavy atom. The Bertz CT molecular complexity index is 441. The zero-order valence-corrected chi connectivity index (χ0v) is 12.9. The zero-order valence-electron chi connectivity index (χ0n) is 11.9. The molecule has 98 valence electrons. The molecule has 1 aromatic rings. The summed E-state index contributed by atoms with van der Waals surface area (Å²) in [7, 11) is -1.68. The quantitative estimate of drug-likeness (QED) is 0.461. The molecule has 0 saturated carbocycles. The SMILES string of the molecule is CC/C(=C(/OC(C)=O)[Si](C)(C)C)c1ccccc1. The Morgan fingerprint density at radius 1 is 1.17 bits per heavy atom. The molecule has 0 amide bonds.